The molecule has 2 aromatic heterocycles. The molecule has 0 fully saturated rings. The van der Waals surface area contributed by atoms with Gasteiger partial charge in [0.2, 0.25) is 0 Å². The average Bonchev–Trinajstić information content (AvgIpc) is 3.74. The van der Waals surface area contributed by atoms with Gasteiger partial charge in [-0.15, -0.1) is 0 Å². The van der Waals surface area contributed by atoms with Crippen LogP contribution >= 0.6 is 0 Å². The second-order valence-corrected chi connectivity index (χ2v) is 11.4. The summed E-state index contributed by atoms with van der Waals surface area (Å²) in [7, 11) is 0. The van der Waals surface area contributed by atoms with Crippen molar-refractivity contribution in [1.29, 1.82) is 0 Å². The Labute approximate surface area is 250 Å². The Morgan fingerprint density at radius 2 is 1.25 bits per heavy atom. The van der Waals surface area contributed by atoms with Gasteiger partial charge < -0.3 is 0 Å². The van der Waals surface area contributed by atoms with E-state index in [1.165, 1.54) is 27.9 Å². The fourth-order valence-electron chi connectivity index (χ4n) is 7.27. The van der Waals surface area contributed by atoms with Crippen LogP contribution in [0.5, 0.6) is 0 Å². The summed E-state index contributed by atoms with van der Waals surface area (Å²) in [6.07, 6.45) is 6.73. The van der Waals surface area contributed by atoms with Gasteiger partial charge in [0.15, 0.2) is 0 Å². The third-order valence-corrected chi connectivity index (χ3v) is 9.03. The van der Waals surface area contributed by atoms with Crippen LogP contribution < -0.4 is 22.8 Å². The third-order valence-electron chi connectivity index (χ3n) is 9.03. The molecule has 5 aromatic rings. The molecule has 218 valence electrons. The van der Waals surface area contributed by atoms with Crippen LogP contribution in [0.1, 0.15) is 24.9 Å². The number of hydrogen-bond donors (Lipinski definition) is 0. The summed E-state index contributed by atoms with van der Waals surface area (Å²) in [4.78, 5) is 57.2. The minimum Gasteiger partial charge on any atom is -0.246 e. The molecule has 0 spiro atoms. The molecule has 3 aliphatic rings. The second-order valence-electron chi connectivity index (χ2n) is 11.4. The van der Waals surface area contributed by atoms with E-state index in [4.69, 9.17) is 0 Å². The van der Waals surface area contributed by atoms with E-state index in [1.807, 2.05) is 67.6 Å². The van der Waals surface area contributed by atoms with Crippen molar-refractivity contribution in [3.05, 3.63) is 173 Å². The van der Waals surface area contributed by atoms with E-state index in [2.05, 4.69) is 0 Å². The lowest BCUT2D eigenvalue weighted by atomic mass is 9.73. The first-order valence-electron chi connectivity index (χ1n) is 14.6. The van der Waals surface area contributed by atoms with Crippen LogP contribution in [0.2, 0.25) is 0 Å². The molecule has 0 saturated heterocycles. The molecule has 0 amide bonds. The fraction of sp³-hybridized carbons (Fsp3) is 0.176. The summed E-state index contributed by atoms with van der Waals surface area (Å²) in [6, 6.07) is 26.5. The maximum Gasteiger partial charge on any atom is 0.353 e. The molecule has 3 aromatic carbocycles. The van der Waals surface area contributed by atoms with Gasteiger partial charge in [0, 0.05) is 0 Å². The zero-order chi connectivity index (χ0) is 30.2. The van der Waals surface area contributed by atoms with Crippen LogP contribution in [0, 0.1) is 0 Å². The Morgan fingerprint density at radius 1 is 0.682 bits per heavy atom. The molecule has 10 heteroatoms. The van der Waals surface area contributed by atoms with Gasteiger partial charge in [-0.1, -0.05) is 85.0 Å². The van der Waals surface area contributed by atoms with Crippen molar-refractivity contribution in [2.75, 3.05) is 0 Å². The normalized spacial score (nSPS) is 20.3. The van der Waals surface area contributed by atoms with Gasteiger partial charge >= 0.3 is 22.8 Å². The number of allylic oxidation sites excluding steroid dienone is 6. The molecular weight excluding hydrogens is 556 g/mol. The minimum absolute atomic E-state index is 0.0662. The molecule has 8 rings (SSSR count). The number of nitrogens with zero attached hydrogens (tertiary/aromatic N) is 6. The molecule has 0 radical (unpaired) electrons. The van der Waals surface area contributed by atoms with Crippen molar-refractivity contribution in [1.82, 2.24) is 27.9 Å². The summed E-state index contributed by atoms with van der Waals surface area (Å²) in [5, 5.41) is 0. The Bertz CT molecular complexity index is 2290. The summed E-state index contributed by atoms with van der Waals surface area (Å²) in [5.74, 6) is 0. The van der Waals surface area contributed by atoms with Crippen molar-refractivity contribution < 1.29 is 0 Å². The number of benzene rings is 3. The van der Waals surface area contributed by atoms with Gasteiger partial charge in [0.25, 0.3) is 0 Å². The maximum atomic E-state index is 14.6. The summed E-state index contributed by atoms with van der Waals surface area (Å²) in [6.45, 7) is 2.04. The second kappa shape index (κ2) is 9.43. The first kappa shape index (κ1) is 26.0. The van der Waals surface area contributed by atoms with Gasteiger partial charge in [-0.2, -0.15) is 0 Å². The zero-order valence-corrected chi connectivity index (χ0v) is 23.9. The molecule has 4 heterocycles. The summed E-state index contributed by atoms with van der Waals surface area (Å²) < 4.78 is 8.34. The molecule has 1 aliphatic carbocycles. The lowest BCUT2D eigenvalue weighted by molar-refractivity contribution is 0.171. The largest absolute Gasteiger partial charge is 0.353 e. The highest BCUT2D eigenvalue weighted by atomic mass is 16.2. The number of rotatable bonds is 4. The van der Waals surface area contributed by atoms with E-state index in [9.17, 15) is 19.2 Å². The zero-order valence-electron chi connectivity index (χ0n) is 23.9. The molecule has 0 N–H and O–H groups in total. The molecule has 44 heavy (non-hydrogen) atoms. The third kappa shape index (κ3) is 3.36. The number of aromatic nitrogens is 6. The Balaban J connectivity index is 1.53. The van der Waals surface area contributed by atoms with Gasteiger partial charge in [-0.05, 0) is 59.9 Å². The summed E-state index contributed by atoms with van der Waals surface area (Å²) in [5.41, 5.74) is 0.901. The van der Waals surface area contributed by atoms with E-state index in [-0.39, 0.29) is 13.1 Å². The molecule has 10 nitrogen and oxygen atoms in total. The van der Waals surface area contributed by atoms with E-state index < -0.39 is 34.3 Å². The molecule has 0 bridgehead atoms. The monoisotopic (exact) mass is 584 g/mol. The SMILES string of the molecule is CC1=C2C(C3=CCC=C3)n3c(=O)n(-c4ccccc4)c(=O)n3CC2(c2ccccc2)n2c(=O)n(-c3ccccc3)c(=O)n2C1. The van der Waals surface area contributed by atoms with Crippen LogP contribution in [0.15, 0.2) is 145 Å². The van der Waals surface area contributed by atoms with E-state index in [0.717, 1.165) is 22.3 Å². The van der Waals surface area contributed by atoms with Crippen molar-refractivity contribution >= 4 is 0 Å². The first-order chi connectivity index (χ1) is 21.4. The highest BCUT2D eigenvalue weighted by Crippen LogP contribution is 2.49. The average molecular weight is 585 g/mol. The van der Waals surface area contributed by atoms with Crippen LogP contribution in [0.4, 0.5) is 0 Å². The highest BCUT2D eigenvalue weighted by Gasteiger charge is 2.54. The Kier molecular flexibility index (Phi) is 5.58. The smallest absolute Gasteiger partial charge is 0.246 e. The standard InChI is InChI=1S/C34H28N6O4/c1-23-21-35-30(41)38(27-19-9-4-10-20-27)33(44)40(35)34(25-15-5-2-6-16-25)22-36-31(42)37(26-17-7-3-8-18-26)32(43)39(36)29(28(23)34)24-13-11-12-14-24/h2-11,13-20,29H,12,21-22H2,1H3. The lowest BCUT2D eigenvalue weighted by Crippen LogP contribution is -2.59. The van der Waals surface area contributed by atoms with Gasteiger partial charge in [-0.25, -0.2) is 47.0 Å². The van der Waals surface area contributed by atoms with Gasteiger partial charge in [0.05, 0.1) is 24.5 Å². The predicted octanol–water partition coefficient (Wildman–Crippen LogP) is 3.13. The summed E-state index contributed by atoms with van der Waals surface area (Å²) >= 11 is 0. The number of hydrogen-bond acceptors (Lipinski definition) is 4. The van der Waals surface area contributed by atoms with Crippen LogP contribution in [0.3, 0.4) is 0 Å². The van der Waals surface area contributed by atoms with Gasteiger partial charge in [0.1, 0.15) is 11.6 Å². The topological polar surface area (TPSA) is 97.9 Å². The lowest BCUT2D eigenvalue weighted by Gasteiger charge is -2.48. The van der Waals surface area contributed by atoms with Gasteiger partial charge in [-0.3, -0.25) is 0 Å². The molecule has 2 aliphatic heterocycles. The Morgan fingerprint density at radius 3 is 1.84 bits per heavy atom. The predicted molar refractivity (Wildman–Crippen MR) is 166 cm³/mol. The van der Waals surface area contributed by atoms with Crippen molar-refractivity contribution in [2.24, 2.45) is 0 Å². The van der Waals surface area contributed by atoms with Crippen LogP contribution in [-0.4, -0.2) is 27.9 Å². The number of para-hydroxylation sites is 2. The maximum absolute atomic E-state index is 14.6. The molecular formula is C34H28N6O4. The van der Waals surface area contributed by atoms with E-state index in [0.29, 0.717) is 17.8 Å². The Hall–Kier alpha value is -5.64. The van der Waals surface area contributed by atoms with Crippen LogP contribution in [0.25, 0.3) is 11.4 Å². The van der Waals surface area contributed by atoms with E-state index >= 15 is 0 Å². The van der Waals surface area contributed by atoms with Crippen molar-refractivity contribution in [3.8, 4) is 11.4 Å². The molecule has 2 unspecified atom stereocenters. The quantitative estimate of drug-likeness (QED) is 0.303. The number of fused-ring (bicyclic) bond motifs is 4. The molecule has 0 saturated carbocycles. The fourth-order valence-corrected chi connectivity index (χ4v) is 7.27. The van der Waals surface area contributed by atoms with Crippen molar-refractivity contribution in [2.45, 2.75) is 38.0 Å². The van der Waals surface area contributed by atoms with Crippen LogP contribution in [-0.2, 0) is 18.6 Å². The molecule has 2 atom stereocenters. The first-order valence-corrected chi connectivity index (χ1v) is 14.6. The highest BCUT2D eigenvalue weighted by molar-refractivity contribution is 5.50. The van der Waals surface area contributed by atoms with E-state index in [1.54, 1.807) is 48.5 Å². The minimum atomic E-state index is -1.29. The van der Waals surface area contributed by atoms with Crippen molar-refractivity contribution in [3.63, 3.8) is 0 Å².